The molecule has 0 spiro atoms. The molecule has 0 aromatic heterocycles. The third-order valence-corrected chi connectivity index (χ3v) is 2.55. The molecule has 0 radical (unpaired) electrons. The van der Waals surface area contributed by atoms with Gasteiger partial charge < -0.3 is 0 Å². The van der Waals surface area contributed by atoms with Crippen LogP contribution in [-0.2, 0) is 16.0 Å². The van der Waals surface area contributed by atoms with E-state index in [4.69, 9.17) is 0 Å². The van der Waals surface area contributed by atoms with Gasteiger partial charge in [0.2, 0.25) is 0 Å². The van der Waals surface area contributed by atoms with Crippen molar-refractivity contribution in [2.75, 3.05) is 0 Å². The zero-order valence-electron chi connectivity index (χ0n) is 11.3. The minimum atomic E-state index is -11.2. The van der Waals surface area contributed by atoms with E-state index in [9.17, 15) is 16.9 Å². The third kappa shape index (κ3) is 19.6. The van der Waals surface area contributed by atoms with Crippen molar-refractivity contribution in [3.05, 3.63) is 58.1 Å². The molecule has 0 heterocycles. The van der Waals surface area contributed by atoms with Gasteiger partial charge in [-0.25, -0.2) is 0 Å². The van der Waals surface area contributed by atoms with Crippen LogP contribution in [0.15, 0.2) is 47.0 Å². The Hall–Kier alpha value is -0.382. The number of halogens is 6. The van der Waals surface area contributed by atoms with Gasteiger partial charge in [0.05, 0.1) is 0 Å². The zero-order chi connectivity index (χ0) is 16.8. The molecule has 0 aliphatic heterocycles. The minimum absolute atomic E-state index is 1.06. The fourth-order valence-corrected chi connectivity index (χ4v) is 1.31. The van der Waals surface area contributed by atoms with Crippen LogP contribution in [0.25, 0.3) is 0 Å². The molecule has 1 aromatic carbocycles. The first-order valence-electron chi connectivity index (χ1n) is 5.74. The van der Waals surface area contributed by atoms with Gasteiger partial charge in [-0.1, -0.05) is 24.3 Å². The predicted octanol–water partition coefficient (Wildman–Crippen LogP) is 5.82. The third-order valence-electron chi connectivity index (χ3n) is 2.14. The summed E-state index contributed by atoms with van der Waals surface area (Å²) in [6.45, 7) is 4.24. The molecule has 0 unspecified atom stereocenters. The number of hydrogen-bond acceptors (Lipinski definition) is 0. The SMILES string of the molecule is Cc1ccccc1C.[F][Sb-]([F])([F])([F])([F])[F].[Fe+][C]1=CC=CC1. The van der Waals surface area contributed by atoms with E-state index in [0.29, 0.717) is 0 Å². The fraction of sp³-hybridized carbons (Fsp3) is 0.231. The number of aryl methyl sites for hydroxylation is 2. The molecule has 1 aliphatic rings. The van der Waals surface area contributed by atoms with E-state index >= 15 is 0 Å². The first-order chi connectivity index (χ1) is 9.15. The monoisotopic (exact) mass is 462 g/mol. The van der Waals surface area contributed by atoms with Gasteiger partial charge in [-0.3, -0.25) is 0 Å². The van der Waals surface area contributed by atoms with Crippen molar-refractivity contribution in [3.63, 3.8) is 0 Å². The molecule has 0 N–H and O–H groups in total. The van der Waals surface area contributed by atoms with Crippen molar-refractivity contribution in [1.82, 2.24) is 0 Å². The van der Waals surface area contributed by atoms with Crippen LogP contribution >= 0.6 is 0 Å². The molecule has 0 saturated heterocycles. The molecule has 8 heteroatoms. The van der Waals surface area contributed by atoms with Gasteiger partial charge in [-0.2, -0.15) is 0 Å². The van der Waals surface area contributed by atoms with E-state index in [1.807, 2.05) is 12.2 Å². The van der Waals surface area contributed by atoms with Gasteiger partial charge in [0.1, 0.15) is 0 Å². The van der Waals surface area contributed by atoms with Crippen LogP contribution in [0.1, 0.15) is 17.5 Å². The molecule has 122 valence electrons. The van der Waals surface area contributed by atoms with Crippen molar-refractivity contribution >= 4 is 19.5 Å². The molecule has 0 bridgehead atoms. The van der Waals surface area contributed by atoms with E-state index in [-0.39, 0.29) is 0 Å². The Bertz CT molecular complexity index is 498. The topological polar surface area (TPSA) is 0 Å². The number of rotatable bonds is 0. The first kappa shape index (κ1) is 20.6. The summed E-state index contributed by atoms with van der Waals surface area (Å²) in [5.41, 5.74) is 2.74. The number of benzene rings is 1. The molecular weight excluding hydrogens is 448 g/mol. The van der Waals surface area contributed by atoms with E-state index in [1.165, 1.54) is 15.6 Å². The number of allylic oxidation sites excluding steroid dienone is 4. The van der Waals surface area contributed by atoms with E-state index in [1.54, 1.807) is 0 Å². The quantitative estimate of drug-likeness (QED) is 0.336. The van der Waals surface area contributed by atoms with Crippen molar-refractivity contribution in [2.24, 2.45) is 0 Å². The average molecular weight is 463 g/mol. The molecule has 2 rings (SSSR count). The van der Waals surface area contributed by atoms with Crippen LogP contribution in [0.5, 0.6) is 0 Å². The summed E-state index contributed by atoms with van der Waals surface area (Å²) in [5, 5.41) is 0. The first-order valence-corrected chi connectivity index (χ1v) is 12.1. The van der Waals surface area contributed by atoms with E-state index < -0.39 is 19.5 Å². The summed E-state index contributed by atoms with van der Waals surface area (Å²) in [6, 6.07) is 8.36. The molecule has 0 amide bonds. The summed E-state index contributed by atoms with van der Waals surface area (Å²) in [4.78, 5) is 0. The van der Waals surface area contributed by atoms with Gasteiger partial charge in [-0.05, 0) is 25.0 Å². The van der Waals surface area contributed by atoms with Crippen LogP contribution in [0.3, 0.4) is 0 Å². The van der Waals surface area contributed by atoms with Crippen LogP contribution < -0.4 is 0 Å². The molecule has 0 atom stereocenters. The van der Waals surface area contributed by atoms with Gasteiger partial charge in [0.15, 0.2) is 0 Å². The Kier molecular flexibility index (Phi) is 6.68. The Morgan fingerprint density at radius 2 is 1.29 bits per heavy atom. The standard InChI is InChI=1S/C8H10.C5H5.6FH.Fe.Sb/c1-7-5-3-4-6-8(7)2;1-2-4-5-3-1;;;;;;;;/h3-6H,1-2H3;1-3H,4H2;6*1H;;/q;;;;;;;;+1;+5/p-6. The number of hydrogen-bond donors (Lipinski definition) is 0. The fourth-order valence-electron chi connectivity index (χ4n) is 1.08. The second kappa shape index (κ2) is 6.80. The molecule has 0 saturated carbocycles. The van der Waals surface area contributed by atoms with Gasteiger partial charge in [0.25, 0.3) is 0 Å². The van der Waals surface area contributed by atoms with Gasteiger partial charge in [0, 0.05) is 0 Å². The normalized spacial score (nSPS) is 16.5. The molecule has 0 nitrogen and oxygen atoms in total. The summed E-state index contributed by atoms with van der Waals surface area (Å²) in [7, 11) is 0. The second-order valence-electron chi connectivity index (χ2n) is 4.27. The second-order valence-corrected chi connectivity index (χ2v) is 10.5. The van der Waals surface area contributed by atoms with Crippen LogP contribution in [0.4, 0.5) is 16.9 Å². The Balaban J connectivity index is 0.000000289. The van der Waals surface area contributed by atoms with Crippen LogP contribution in [0, 0.1) is 13.8 Å². The van der Waals surface area contributed by atoms with E-state index in [2.05, 4.69) is 60.2 Å². The van der Waals surface area contributed by atoms with E-state index in [0.717, 1.165) is 6.42 Å². The Morgan fingerprint density at radius 3 is 1.43 bits per heavy atom. The Labute approximate surface area is 130 Å². The molecular formula is C13H15F6FeSb. The maximum absolute atomic E-state index is 11.2. The Morgan fingerprint density at radius 1 is 0.905 bits per heavy atom. The zero-order valence-corrected chi connectivity index (χ0v) is 15.0. The molecule has 21 heavy (non-hydrogen) atoms. The summed E-state index contributed by atoms with van der Waals surface area (Å²) < 4.78 is 60.8. The van der Waals surface area contributed by atoms with Gasteiger partial charge in [-0.15, -0.1) is 0 Å². The van der Waals surface area contributed by atoms with Crippen LogP contribution in [0.2, 0.25) is 0 Å². The van der Waals surface area contributed by atoms with Crippen molar-refractivity contribution in [2.45, 2.75) is 20.3 Å². The summed E-state index contributed by atoms with van der Waals surface area (Å²) in [5.74, 6) is 0. The molecule has 1 aromatic rings. The molecule has 1 aliphatic carbocycles. The van der Waals surface area contributed by atoms with Crippen molar-refractivity contribution in [1.29, 1.82) is 0 Å². The predicted molar refractivity (Wildman–Crippen MR) is 70.2 cm³/mol. The average Bonchev–Trinajstić information content (AvgIpc) is 2.70. The van der Waals surface area contributed by atoms with Gasteiger partial charge >= 0.3 is 81.5 Å². The van der Waals surface area contributed by atoms with Crippen LogP contribution in [-0.4, -0.2) is 19.5 Å². The molecule has 0 fully saturated rings. The summed E-state index contributed by atoms with van der Waals surface area (Å²) >= 11 is -7.51. The summed E-state index contributed by atoms with van der Waals surface area (Å²) in [6.07, 6.45) is 7.21. The maximum atomic E-state index is 9.93. The van der Waals surface area contributed by atoms with Crippen molar-refractivity contribution in [3.8, 4) is 0 Å². The van der Waals surface area contributed by atoms with Crippen molar-refractivity contribution < 1.29 is 32.9 Å².